The largest absolute Gasteiger partial charge is 0.497 e. The fourth-order valence-electron chi connectivity index (χ4n) is 2.54. The van der Waals surface area contributed by atoms with Crippen LogP contribution in [0.1, 0.15) is 12.5 Å². The molecule has 0 radical (unpaired) electrons. The lowest BCUT2D eigenvalue weighted by atomic mass is 10.2. The molecule has 28 heavy (non-hydrogen) atoms. The van der Waals surface area contributed by atoms with Crippen LogP contribution in [-0.2, 0) is 14.8 Å². The molecule has 2 aromatic rings. The maximum Gasteiger partial charge on any atom is 0.266 e. The van der Waals surface area contributed by atoms with Gasteiger partial charge in [0.25, 0.3) is 5.91 Å². The molecule has 0 aromatic heterocycles. The smallest absolute Gasteiger partial charge is 0.266 e. The molecule has 0 bridgehead atoms. The molecule has 0 spiro atoms. The summed E-state index contributed by atoms with van der Waals surface area (Å²) in [6.07, 6.45) is 1.81. The average Bonchev–Trinajstić information content (AvgIpc) is 2.96. The van der Waals surface area contributed by atoms with Gasteiger partial charge in [-0.05, 0) is 66.7 Å². The third-order valence-electron chi connectivity index (χ3n) is 4.01. The molecule has 1 saturated heterocycles. The number of methoxy groups -OCH3 is 1. The summed E-state index contributed by atoms with van der Waals surface area (Å²) in [6.45, 7) is 2.34. The molecule has 1 aliphatic heterocycles. The number of rotatable bonds is 5. The highest BCUT2D eigenvalue weighted by Gasteiger charge is 2.32. The molecule has 0 atom stereocenters. The number of sulfonamides is 1. The molecule has 0 saturated carbocycles. The van der Waals surface area contributed by atoms with E-state index in [9.17, 15) is 13.2 Å². The minimum Gasteiger partial charge on any atom is -0.497 e. The second-order valence-corrected chi connectivity index (χ2v) is 8.44. The number of nitrogens with zero attached hydrogens (tertiary/aromatic N) is 2. The monoisotopic (exact) mass is 417 g/mol. The number of thioether (sulfide) groups is 1. The summed E-state index contributed by atoms with van der Waals surface area (Å²) in [4.78, 5) is 19.3. The van der Waals surface area contributed by atoms with Crippen LogP contribution in [0, 0.1) is 0 Å². The van der Waals surface area contributed by atoms with Crippen molar-refractivity contribution in [2.45, 2.75) is 11.8 Å². The number of ether oxygens (including phenoxy) is 1. The molecule has 3 rings (SSSR count). The fraction of sp³-hybridized carbons (Fsp3) is 0.158. The summed E-state index contributed by atoms with van der Waals surface area (Å²) in [6, 6.07) is 13.3. The van der Waals surface area contributed by atoms with Gasteiger partial charge in [-0.3, -0.25) is 9.69 Å². The van der Waals surface area contributed by atoms with Crippen molar-refractivity contribution in [3.8, 4) is 5.75 Å². The van der Waals surface area contributed by atoms with E-state index < -0.39 is 10.0 Å². The van der Waals surface area contributed by atoms with E-state index >= 15 is 0 Å². The number of amides is 1. The van der Waals surface area contributed by atoms with Gasteiger partial charge in [0.05, 0.1) is 22.6 Å². The summed E-state index contributed by atoms with van der Waals surface area (Å²) < 4.78 is 27.9. The summed E-state index contributed by atoms with van der Waals surface area (Å²) >= 11 is 1.27. The Balaban J connectivity index is 1.88. The van der Waals surface area contributed by atoms with Gasteiger partial charge in [-0.1, -0.05) is 12.1 Å². The van der Waals surface area contributed by atoms with E-state index in [1.807, 2.05) is 37.3 Å². The van der Waals surface area contributed by atoms with Crippen molar-refractivity contribution >= 4 is 44.6 Å². The van der Waals surface area contributed by atoms with Gasteiger partial charge in [-0.2, -0.15) is 0 Å². The lowest BCUT2D eigenvalue weighted by Crippen LogP contribution is -2.28. The topological polar surface area (TPSA) is 102 Å². The highest BCUT2D eigenvalue weighted by Crippen LogP contribution is 2.34. The number of carbonyl (C=O) groups excluding carboxylic acids is 1. The first-order chi connectivity index (χ1) is 13.3. The first-order valence-corrected chi connectivity index (χ1v) is 10.7. The Morgan fingerprint density at radius 2 is 1.79 bits per heavy atom. The van der Waals surface area contributed by atoms with Gasteiger partial charge in [0.1, 0.15) is 5.75 Å². The summed E-state index contributed by atoms with van der Waals surface area (Å²) in [5.74, 6) is 0.621. The van der Waals surface area contributed by atoms with E-state index in [4.69, 9.17) is 9.88 Å². The fourth-order valence-corrected chi connectivity index (χ4v) is 4.12. The lowest BCUT2D eigenvalue weighted by Gasteiger charge is -2.12. The van der Waals surface area contributed by atoms with Crippen LogP contribution in [0.25, 0.3) is 6.08 Å². The van der Waals surface area contributed by atoms with Crippen LogP contribution in [0.15, 0.2) is 63.3 Å². The number of primary sulfonamides is 1. The number of hydrogen-bond acceptors (Lipinski definition) is 6. The summed E-state index contributed by atoms with van der Waals surface area (Å²) in [5, 5.41) is 5.64. The second kappa shape index (κ2) is 8.17. The second-order valence-electron chi connectivity index (χ2n) is 5.87. The number of carbonyl (C=O) groups is 1. The highest BCUT2D eigenvalue weighted by molar-refractivity contribution is 8.18. The minimum absolute atomic E-state index is 0.0130. The Bertz CT molecular complexity index is 1040. The first-order valence-electron chi connectivity index (χ1n) is 8.39. The minimum atomic E-state index is -3.76. The van der Waals surface area contributed by atoms with Crippen molar-refractivity contribution in [2.24, 2.45) is 10.1 Å². The van der Waals surface area contributed by atoms with Crippen LogP contribution in [0.4, 0.5) is 5.69 Å². The maximum absolute atomic E-state index is 12.7. The van der Waals surface area contributed by atoms with E-state index in [2.05, 4.69) is 4.99 Å². The number of amidine groups is 1. The van der Waals surface area contributed by atoms with Crippen LogP contribution in [0.2, 0.25) is 0 Å². The van der Waals surface area contributed by atoms with Gasteiger partial charge in [0, 0.05) is 6.54 Å². The molecule has 1 aliphatic rings. The van der Waals surface area contributed by atoms with Crippen LogP contribution in [0.3, 0.4) is 0 Å². The maximum atomic E-state index is 12.7. The normalized spacial score (nSPS) is 17.5. The van der Waals surface area contributed by atoms with E-state index in [1.54, 1.807) is 24.1 Å². The van der Waals surface area contributed by atoms with E-state index in [0.29, 0.717) is 22.3 Å². The van der Waals surface area contributed by atoms with E-state index in [0.717, 1.165) is 11.3 Å². The first kappa shape index (κ1) is 20.1. The predicted octanol–water partition coefficient (Wildman–Crippen LogP) is 2.97. The van der Waals surface area contributed by atoms with Crippen LogP contribution in [-0.4, -0.2) is 38.0 Å². The van der Waals surface area contributed by atoms with Crippen molar-refractivity contribution < 1.29 is 17.9 Å². The zero-order valence-electron chi connectivity index (χ0n) is 15.3. The van der Waals surface area contributed by atoms with Gasteiger partial charge in [0.15, 0.2) is 5.17 Å². The Labute approximate surface area is 168 Å². The van der Waals surface area contributed by atoms with Gasteiger partial charge in [-0.25, -0.2) is 18.5 Å². The van der Waals surface area contributed by atoms with Crippen LogP contribution in [0.5, 0.6) is 5.75 Å². The molecular weight excluding hydrogens is 398 g/mol. The third-order valence-corrected chi connectivity index (χ3v) is 5.94. The molecular formula is C19H19N3O4S2. The Morgan fingerprint density at radius 3 is 2.32 bits per heavy atom. The molecule has 2 N–H and O–H groups in total. The number of benzene rings is 2. The Kier molecular flexibility index (Phi) is 5.87. The Morgan fingerprint density at radius 1 is 1.14 bits per heavy atom. The summed E-state index contributed by atoms with van der Waals surface area (Å²) in [7, 11) is -2.16. The molecule has 0 unspecified atom stereocenters. The van der Waals surface area contributed by atoms with E-state index in [1.165, 1.54) is 23.9 Å². The number of likely N-dealkylation sites (N-methyl/N-ethyl adjacent to an activating group) is 1. The van der Waals surface area contributed by atoms with Crippen LogP contribution >= 0.6 is 11.8 Å². The molecule has 1 amide bonds. The van der Waals surface area contributed by atoms with Crippen molar-refractivity contribution in [1.82, 2.24) is 4.90 Å². The van der Waals surface area contributed by atoms with Crippen molar-refractivity contribution in [2.75, 3.05) is 13.7 Å². The molecule has 9 heteroatoms. The van der Waals surface area contributed by atoms with Crippen molar-refractivity contribution in [3.63, 3.8) is 0 Å². The van der Waals surface area contributed by atoms with Crippen molar-refractivity contribution in [1.29, 1.82) is 0 Å². The molecule has 1 fully saturated rings. The van der Waals surface area contributed by atoms with E-state index in [-0.39, 0.29) is 10.8 Å². The molecule has 1 heterocycles. The summed E-state index contributed by atoms with van der Waals surface area (Å²) in [5.41, 5.74) is 1.42. The third kappa shape index (κ3) is 4.44. The zero-order valence-corrected chi connectivity index (χ0v) is 17.0. The molecule has 146 valence electrons. The number of nitrogens with two attached hydrogens (primary N) is 1. The lowest BCUT2D eigenvalue weighted by molar-refractivity contribution is -0.122. The van der Waals surface area contributed by atoms with Gasteiger partial charge < -0.3 is 4.74 Å². The zero-order chi connectivity index (χ0) is 20.3. The Hall–Kier alpha value is -2.62. The molecule has 7 nitrogen and oxygen atoms in total. The predicted molar refractivity (Wildman–Crippen MR) is 111 cm³/mol. The average molecular weight is 418 g/mol. The van der Waals surface area contributed by atoms with Gasteiger partial charge in [-0.15, -0.1) is 0 Å². The SMILES string of the molecule is CCN1C(=O)/C(=C\c2ccc(OC)cc2)SC1=Nc1ccc(S(N)(=O)=O)cc1. The van der Waals surface area contributed by atoms with Gasteiger partial charge >= 0.3 is 0 Å². The quantitative estimate of drug-likeness (QED) is 0.754. The standard InChI is InChI=1S/C19H19N3O4S2/c1-3-22-18(23)17(12-13-4-8-15(26-2)9-5-13)27-19(22)21-14-6-10-16(11-7-14)28(20,24)25/h4-12H,3H2,1-2H3,(H2,20,24,25)/b17-12+,21-19?. The molecule has 2 aromatic carbocycles. The molecule has 0 aliphatic carbocycles. The number of aliphatic imine (C=N–C) groups is 1. The highest BCUT2D eigenvalue weighted by atomic mass is 32.2. The number of hydrogen-bond donors (Lipinski definition) is 1. The van der Waals surface area contributed by atoms with Crippen molar-refractivity contribution in [3.05, 3.63) is 59.0 Å². The van der Waals surface area contributed by atoms with Gasteiger partial charge in [0.2, 0.25) is 10.0 Å². The van der Waals surface area contributed by atoms with Crippen LogP contribution < -0.4 is 9.88 Å².